The number of benzene rings is 1. The van der Waals surface area contributed by atoms with Crippen molar-refractivity contribution in [1.29, 1.82) is 0 Å². The molecule has 5 heteroatoms. The molecular weight excluding hydrogens is 212 g/mol. The van der Waals surface area contributed by atoms with Gasteiger partial charge in [0.15, 0.2) is 0 Å². The predicted molar refractivity (Wildman–Crippen MR) is 64.6 cm³/mol. The first-order valence-corrected chi connectivity index (χ1v) is 6.03. The van der Waals surface area contributed by atoms with Crippen LogP contribution in [0.3, 0.4) is 0 Å². The van der Waals surface area contributed by atoms with Crippen molar-refractivity contribution in [2.75, 3.05) is 17.3 Å². The zero-order valence-electron chi connectivity index (χ0n) is 8.77. The van der Waals surface area contributed by atoms with Crippen LogP contribution in [0.4, 0.5) is 11.4 Å². The molecule has 0 radical (unpaired) electrons. The van der Waals surface area contributed by atoms with E-state index in [0.717, 1.165) is 11.4 Å². The van der Waals surface area contributed by atoms with Gasteiger partial charge < -0.3 is 5.32 Å². The lowest BCUT2D eigenvalue weighted by Crippen LogP contribution is -2.17. The second-order valence-electron chi connectivity index (χ2n) is 3.31. The first kappa shape index (κ1) is 11.8. The first-order chi connectivity index (χ1) is 7.13. The Hall–Kier alpha value is -1.23. The van der Waals surface area contributed by atoms with Crippen LogP contribution in [0.5, 0.6) is 0 Å². The van der Waals surface area contributed by atoms with Gasteiger partial charge in [0.25, 0.3) is 5.69 Å². The van der Waals surface area contributed by atoms with Gasteiger partial charge in [-0.3, -0.25) is 10.1 Å². The molecule has 1 unspecified atom stereocenters. The lowest BCUT2D eigenvalue weighted by atomic mass is 10.2. The summed E-state index contributed by atoms with van der Waals surface area (Å²) in [6.45, 7) is 2.05. The molecule has 0 amide bonds. The molecule has 0 saturated carbocycles. The minimum atomic E-state index is -0.385. The minimum Gasteiger partial charge on any atom is -0.382 e. The fourth-order valence-electron chi connectivity index (χ4n) is 1.29. The van der Waals surface area contributed by atoms with E-state index in [9.17, 15) is 10.1 Å². The summed E-state index contributed by atoms with van der Waals surface area (Å²) in [4.78, 5) is 10.2. The highest BCUT2D eigenvalue weighted by Crippen LogP contribution is 2.18. The number of hydrogen-bond donors (Lipinski definition) is 1. The Labute approximate surface area is 93.2 Å². The molecule has 1 atom stereocenters. The summed E-state index contributed by atoms with van der Waals surface area (Å²) in [5.74, 6) is 0.975. The molecule has 0 aliphatic heterocycles. The van der Waals surface area contributed by atoms with Crippen molar-refractivity contribution in [2.45, 2.75) is 13.0 Å². The molecule has 1 aromatic carbocycles. The Kier molecular flexibility index (Phi) is 4.42. The highest BCUT2D eigenvalue weighted by molar-refractivity contribution is 7.98. The number of nitrogens with zero attached hydrogens (tertiary/aromatic N) is 1. The Morgan fingerprint density at radius 1 is 1.60 bits per heavy atom. The zero-order valence-corrected chi connectivity index (χ0v) is 9.58. The van der Waals surface area contributed by atoms with Crippen molar-refractivity contribution in [3.8, 4) is 0 Å². The molecule has 0 bridgehead atoms. The molecule has 0 saturated heterocycles. The van der Waals surface area contributed by atoms with Gasteiger partial charge in [-0.2, -0.15) is 11.8 Å². The summed E-state index contributed by atoms with van der Waals surface area (Å²) in [6.07, 6.45) is 2.03. The number of rotatable bonds is 5. The second-order valence-corrected chi connectivity index (χ2v) is 4.22. The van der Waals surface area contributed by atoms with E-state index in [1.165, 1.54) is 6.07 Å². The number of thioether (sulfide) groups is 1. The molecule has 0 aromatic heterocycles. The maximum absolute atomic E-state index is 10.5. The Balaban J connectivity index is 2.69. The zero-order chi connectivity index (χ0) is 11.3. The molecule has 0 aliphatic carbocycles. The number of non-ortho nitro benzene ring substituents is 1. The molecule has 15 heavy (non-hydrogen) atoms. The van der Waals surface area contributed by atoms with Gasteiger partial charge in [-0.15, -0.1) is 0 Å². The van der Waals surface area contributed by atoms with Gasteiger partial charge in [0.2, 0.25) is 0 Å². The minimum absolute atomic E-state index is 0.122. The summed E-state index contributed by atoms with van der Waals surface area (Å²) in [5.41, 5.74) is 0.919. The van der Waals surface area contributed by atoms with Crippen molar-refractivity contribution in [3.05, 3.63) is 34.4 Å². The normalized spacial score (nSPS) is 12.1. The third-order valence-electron chi connectivity index (χ3n) is 1.89. The average molecular weight is 226 g/mol. The Morgan fingerprint density at radius 2 is 2.33 bits per heavy atom. The number of hydrogen-bond acceptors (Lipinski definition) is 4. The van der Waals surface area contributed by atoms with Crippen LogP contribution in [-0.4, -0.2) is 23.0 Å². The van der Waals surface area contributed by atoms with Crippen molar-refractivity contribution in [3.63, 3.8) is 0 Å². The van der Waals surface area contributed by atoms with E-state index in [4.69, 9.17) is 0 Å². The van der Waals surface area contributed by atoms with Crippen molar-refractivity contribution in [2.24, 2.45) is 0 Å². The number of nitrogens with one attached hydrogen (secondary N) is 1. The maximum atomic E-state index is 10.5. The van der Waals surface area contributed by atoms with E-state index in [1.54, 1.807) is 23.9 Å². The largest absolute Gasteiger partial charge is 0.382 e. The van der Waals surface area contributed by atoms with Gasteiger partial charge in [-0.25, -0.2) is 0 Å². The van der Waals surface area contributed by atoms with Crippen LogP contribution in [0.25, 0.3) is 0 Å². The van der Waals surface area contributed by atoms with Gasteiger partial charge in [0, 0.05) is 29.6 Å². The van der Waals surface area contributed by atoms with E-state index in [-0.39, 0.29) is 10.6 Å². The third-order valence-corrected chi connectivity index (χ3v) is 2.72. The van der Waals surface area contributed by atoms with E-state index in [1.807, 2.05) is 12.3 Å². The highest BCUT2D eigenvalue weighted by atomic mass is 32.2. The van der Waals surface area contributed by atoms with E-state index >= 15 is 0 Å². The molecule has 1 N–H and O–H groups in total. The van der Waals surface area contributed by atoms with Crippen molar-refractivity contribution < 1.29 is 4.92 Å². The van der Waals surface area contributed by atoms with E-state index < -0.39 is 0 Å². The SMILES string of the molecule is CSCC(C)Nc1cccc([N+](=O)[O-])c1. The van der Waals surface area contributed by atoms with Crippen LogP contribution in [0, 0.1) is 10.1 Å². The number of nitro benzene ring substituents is 1. The molecule has 82 valence electrons. The highest BCUT2D eigenvalue weighted by Gasteiger charge is 2.07. The third kappa shape index (κ3) is 3.79. The molecule has 0 aliphatic rings. The fraction of sp³-hybridized carbons (Fsp3) is 0.400. The van der Waals surface area contributed by atoms with Crippen LogP contribution in [-0.2, 0) is 0 Å². The Morgan fingerprint density at radius 3 is 2.93 bits per heavy atom. The van der Waals surface area contributed by atoms with Crippen LogP contribution in [0.1, 0.15) is 6.92 Å². The van der Waals surface area contributed by atoms with Gasteiger partial charge in [0.05, 0.1) is 4.92 Å². The molecular formula is C10H14N2O2S. The first-order valence-electron chi connectivity index (χ1n) is 4.63. The lowest BCUT2D eigenvalue weighted by Gasteiger charge is -2.13. The van der Waals surface area contributed by atoms with Crippen LogP contribution in [0.2, 0.25) is 0 Å². The monoisotopic (exact) mass is 226 g/mol. The summed E-state index contributed by atoms with van der Waals surface area (Å²) in [7, 11) is 0. The van der Waals surface area contributed by atoms with E-state index in [2.05, 4.69) is 12.2 Å². The molecule has 4 nitrogen and oxygen atoms in total. The molecule has 0 heterocycles. The predicted octanol–water partition coefficient (Wildman–Crippen LogP) is 2.76. The molecule has 1 aromatic rings. The lowest BCUT2D eigenvalue weighted by molar-refractivity contribution is -0.384. The molecule has 1 rings (SSSR count). The van der Waals surface area contributed by atoms with Gasteiger partial charge >= 0.3 is 0 Å². The summed E-state index contributed by atoms with van der Waals surface area (Å²) in [6, 6.07) is 6.87. The number of nitro groups is 1. The standard InChI is InChI=1S/C10H14N2O2S/c1-8(7-15-2)11-9-4-3-5-10(6-9)12(13)14/h3-6,8,11H,7H2,1-2H3. The molecule has 0 spiro atoms. The second kappa shape index (κ2) is 5.60. The van der Waals surface area contributed by atoms with Gasteiger partial charge in [-0.05, 0) is 19.2 Å². The average Bonchev–Trinajstić information content (AvgIpc) is 2.18. The summed E-state index contributed by atoms with van der Waals surface area (Å²) in [5, 5.41) is 13.8. The van der Waals surface area contributed by atoms with Gasteiger partial charge in [-0.1, -0.05) is 6.07 Å². The summed E-state index contributed by atoms with van der Waals surface area (Å²) < 4.78 is 0. The van der Waals surface area contributed by atoms with Crippen molar-refractivity contribution >= 4 is 23.1 Å². The van der Waals surface area contributed by atoms with Crippen LogP contribution >= 0.6 is 11.8 Å². The van der Waals surface area contributed by atoms with Crippen LogP contribution in [0.15, 0.2) is 24.3 Å². The summed E-state index contributed by atoms with van der Waals surface area (Å²) >= 11 is 1.74. The quantitative estimate of drug-likeness (QED) is 0.619. The smallest absolute Gasteiger partial charge is 0.271 e. The molecule has 0 fully saturated rings. The topological polar surface area (TPSA) is 55.2 Å². The van der Waals surface area contributed by atoms with E-state index in [0.29, 0.717) is 6.04 Å². The fourth-order valence-corrected chi connectivity index (χ4v) is 1.87. The van der Waals surface area contributed by atoms with Crippen LogP contribution < -0.4 is 5.32 Å². The number of anilines is 1. The Bertz CT molecular complexity index is 344. The maximum Gasteiger partial charge on any atom is 0.271 e. The van der Waals surface area contributed by atoms with Gasteiger partial charge in [0.1, 0.15) is 0 Å². The van der Waals surface area contributed by atoms with Crippen molar-refractivity contribution in [1.82, 2.24) is 0 Å².